The zero-order chi connectivity index (χ0) is 14.5. The Kier molecular flexibility index (Phi) is 5.89. The Morgan fingerprint density at radius 2 is 1.60 bits per heavy atom. The van der Waals surface area contributed by atoms with Crippen LogP contribution in [0.5, 0.6) is 0 Å². The second-order valence-corrected chi connectivity index (χ2v) is 7.05. The van der Waals surface area contributed by atoms with E-state index in [1.54, 1.807) is 0 Å². The van der Waals surface area contributed by atoms with E-state index in [0.29, 0.717) is 5.92 Å². The van der Waals surface area contributed by atoms with Gasteiger partial charge in [0.05, 0.1) is 6.54 Å². The Balaban J connectivity index is 1.62. The highest BCUT2D eigenvalue weighted by Gasteiger charge is 2.33. The lowest BCUT2D eigenvalue weighted by Crippen LogP contribution is -2.63. The minimum absolute atomic E-state index is 0.498. The molecule has 0 spiro atoms. The summed E-state index contributed by atoms with van der Waals surface area (Å²) in [7, 11) is 0. The van der Waals surface area contributed by atoms with Crippen LogP contribution in [0.1, 0.15) is 27.7 Å². The molecule has 0 radical (unpaired) electrons. The van der Waals surface area contributed by atoms with Gasteiger partial charge in [-0.3, -0.25) is 14.7 Å². The Morgan fingerprint density at radius 3 is 2.15 bits per heavy atom. The van der Waals surface area contributed by atoms with E-state index in [2.05, 4.69) is 54.2 Å². The van der Waals surface area contributed by atoms with E-state index in [4.69, 9.17) is 0 Å². The van der Waals surface area contributed by atoms with Crippen LogP contribution in [0.3, 0.4) is 0 Å². The van der Waals surface area contributed by atoms with Crippen LogP contribution in [-0.4, -0.2) is 73.1 Å². The number of rotatable bonds is 4. The Hall–Kier alpha value is -0.560. The number of nitrogens with zero attached hydrogens (tertiary/aromatic N) is 3. The van der Waals surface area contributed by atoms with Crippen molar-refractivity contribution in [2.24, 2.45) is 11.8 Å². The molecule has 0 aromatic rings. The molecule has 3 nitrogen and oxygen atoms in total. The van der Waals surface area contributed by atoms with Crippen molar-refractivity contribution in [2.45, 2.75) is 33.7 Å². The van der Waals surface area contributed by atoms with Gasteiger partial charge in [0.15, 0.2) is 0 Å². The van der Waals surface area contributed by atoms with Crippen molar-refractivity contribution in [1.82, 2.24) is 14.7 Å². The Morgan fingerprint density at radius 1 is 0.950 bits per heavy atom. The third-order valence-electron chi connectivity index (χ3n) is 4.18. The molecule has 3 heteroatoms. The molecule has 0 N–H and O–H groups in total. The molecule has 0 atom stereocenters. The number of piperazine rings is 1. The van der Waals surface area contributed by atoms with E-state index < -0.39 is 0 Å². The third kappa shape index (κ3) is 4.77. The molecule has 2 fully saturated rings. The van der Waals surface area contributed by atoms with E-state index in [-0.39, 0.29) is 0 Å². The van der Waals surface area contributed by atoms with Gasteiger partial charge < -0.3 is 0 Å². The summed E-state index contributed by atoms with van der Waals surface area (Å²) in [5.74, 6) is 7.86. The highest BCUT2D eigenvalue weighted by Crippen LogP contribution is 2.18. The third-order valence-corrected chi connectivity index (χ3v) is 4.18. The van der Waals surface area contributed by atoms with Crippen LogP contribution in [0.25, 0.3) is 0 Å². The van der Waals surface area contributed by atoms with Crippen LogP contribution in [0, 0.1) is 23.7 Å². The first-order valence-electron chi connectivity index (χ1n) is 8.21. The standard InChI is InChI=1S/C17H31N3/c1-15(2)6-5-7-18-8-10-20(11-9-18)17-13-19(14-17)12-16(3)4/h15-17H,7-14H2,1-4H3. The molecule has 2 saturated heterocycles. The predicted octanol–water partition coefficient (Wildman–Crippen LogP) is 1.60. The van der Waals surface area contributed by atoms with Gasteiger partial charge in [-0.05, 0) is 5.92 Å². The second-order valence-electron chi connectivity index (χ2n) is 7.05. The zero-order valence-corrected chi connectivity index (χ0v) is 13.7. The van der Waals surface area contributed by atoms with Crippen molar-refractivity contribution in [3.8, 4) is 11.8 Å². The largest absolute Gasteiger partial charge is 0.300 e. The first-order valence-corrected chi connectivity index (χ1v) is 8.21. The Bertz CT molecular complexity index is 339. The lowest BCUT2D eigenvalue weighted by atomic mass is 10.0. The van der Waals surface area contributed by atoms with Gasteiger partial charge in [-0.15, -0.1) is 0 Å². The highest BCUT2D eigenvalue weighted by atomic mass is 15.3. The van der Waals surface area contributed by atoms with E-state index >= 15 is 0 Å². The molecule has 0 saturated carbocycles. The van der Waals surface area contributed by atoms with Crippen molar-refractivity contribution in [3.63, 3.8) is 0 Å². The van der Waals surface area contributed by atoms with Crippen molar-refractivity contribution in [1.29, 1.82) is 0 Å². The van der Waals surface area contributed by atoms with E-state index in [0.717, 1.165) is 18.5 Å². The van der Waals surface area contributed by atoms with Gasteiger partial charge in [-0.1, -0.05) is 39.5 Å². The van der Waals surface area contributed by atoms with Gasteiger partial charge in [0.25, 0.3) is 0 Å². The predicted molar refractivity (Wildman–Crippen MR) is 85.7 cm³/mol. The van der Waals surface area contributed by atoms with Gasteiger partial charge in [0.1, 0.15) is 0 Å². The summed E-state index contributed by atoms with van der Waals surface area (Å²) in [6, 6.07) is 0.817. The SMILES string of the molecule is CC(C)C#CCN1CCN(C2CN(CC(C)C)C2)CC1. The van der Waals surface area contributed by atoms with Gasteiger partial charge in [-0.2, -0.15) is 0 Å². The summed E-state index contributed by atoms with van der Waals surface area (Å²) in [6.45, 7) is 18.5. The second kappa shape index (κ2) is 7.45. The molecule has 0 unspecified atom stereocenters. The molecule has 2 heterocycles. The normalized spacial score (nSPS) is 22.9. The summed E-state index contributed by atoms with van der Waals surface area (Å²) in [5, 5.41) is 0. The molecule has 0 bridgehead atoms. The minimum atomic E-state index is 0.498. The summed E-state index contributed by atoms with van der Waals surface area (Å²) in [4.78, 5) is 7.77. The molecular weight excluding hydrogens is 246 g/mol. The van der Waals surface area contributed by atoms with E-state index in [1.807, 2.05) is 0 Å². The van der Waals surface area contributed by atoms with E-state index in [1.165, 1.54) is 45.8 Å². The van der Waals surface area contributed by atoms with Crippen molar-refractivity contribution >= 4 is 0 Å². The van der Waals surface area contributed by atoms with Crippen molar-refractivity contribution in [3.05, 3.63) is 0 Å². The highest BCUT2D eigenvalue weighted by molar-refractivity contribution is 5.04. The maximum absolute atomic E-state index is 3.30. The molecule has 0 aromatic heterocycles. The summed E-state index contributed by atoms with van der Waals surface area (Å²) in [6.07, 6.45) is 0. The zero-order valence-electron chi connectivity index (χ0n) is 13.7. The Labute approximate surface area is 125 Å². The van der Waals surface area contributed by atoms with Gasteiger partial charge in [-0.25, -0.2) is 0 Å². The number of likely N-dealkylation sites (tertiary alicyclic amines) is 1. The molecule has 20 heavy (non-hydrogen) atoms. The quantitative estimate of drug-likeness (QED) is 0.723. The minimum Gasteiger partial charge on any atom is -0.300 e. The first-order chi connectivity index (χ1) is 9.54. The lowest BCUT2D eigenvalue weighted by Gasteiger charge is -2.48. The molecule has 114 valence electrons. The van der Waals surface area contributed by atoms with Gasteiger partial charge in [0, 0.05) is 57.8 Å². The van der Waals surface area contributed by atoms with Crippen LogP contribution < -0.4 is 0 Å². The maximum atomic E-state index is 3.30. The van der Waals surface area contributed by atoms with Gasteiger partial charge in [0.2, 0.25) is 0 Å². The van der Waals surface area contributed by atoms with Crippen LogP contribution >= 0.6 is 0 Å². The summed E-state index contributed by atoms with van der Waals surface area (Å²) < 4.78 is 0. The molecular formula is C17H31N3. The van der Waals surface area contributed by atoms with Crippen LogP contribution in [-0.2, 0) is 0 Å². The van der Waals surface area contributed by atoms with Crippen LogP contribution in [0.4, 0.5) is 0 Å². The fourth-order valence-electron chi connectivity index (χ4n) is 3.09. The smallest absolute Gasteiger partial charge is 0.0602 e. The maximum Gasteiger partial charge on any atom is 0.0602 e. The van der Waals surface area contributed by atoms with Crippen molar-refractivity contribution < 1.29 is 0 Å². The first kappa shape index (κ1) is 15.8. The number of hydrogen-bond acceptors (Lipinski definition) is 3. The number of hydrogen-bond donors (Lipinski definition) is 0. The molecule has 0 aliphatic carbocycles. The van der Waals surface area contributed by atoms with Crippen molar-refractivity contribution in [2.75, 3.05) is 52.4 Å². The lowest BCUT2D eigenvalue weighted by molar-refractivity contribution is 0.00251. The molecule has 2 aliphatic heterocycles. The molecule has 0 aromatic carbocycles. The van der Waals surface area contributed by atoms with Crippen LogP contribution in [0.15, 0.2) is 0 Å². The fourth-order valence-corrected chi connectivity index (χ4v) is 3.09. The molecule has 2 rings (SSSR count). The average Bonchev–Trinajstić information content (AvgIpc) is 2.34. The summed E-state index contributed by atoms with van der Waals surface area (Å²) >= 11 is 0. The van der Waals surface area contributed by atoms with Gasteiger partial charge >= 0.3 is 0 Å². The molecule has 0 amide bonds. The van der Waals surface area contributed by atoms with Crippen LogP contribution in [0.2, 0.25) is 0 Å². The average molecular weight is 277 g/mol. The monoisotopic (exact) mass is 277 g/mol. The fraction of sp³-hybridized carbons (Fsp3) is 0.882. The molecule has 2 aliphatic rings. The topological polar surface area (TPSA) is 9.72 Å². The van der Waals surface area contributed by atoms with E-state index in [9.17, 15) is 0 Å². The summed E-state index contributed by atoms with van der Waals surface area (Å²) in [5.41, 5.74) is 0.